The van der Waals surface area contributed by atoms with Crippen LogP contribution in [0.3, 0.4) is 0 Å². The van der Waals surface area contributed by atoms with Crippen LogP contribution in [0, 0.1) is 0 Å². The van der Waals surface area contributed by atoms with Gasteiger partial charge in [0, 0.05) is 12.0 Å². The van der Waals surface area contributed by atoms with E-state index in [0.29, 0.717) is 19.8 Å². The molecule has 0 aliphatic carbocycles. The molecule has 1 aromatic carbocycles. The van der Waals surface area contributed by atoms with Crippen LogP contribution in [0.15, 0.2) is 30.3 Å². The summed E-state index contributed by atoms with van der Waals surface area (Å²) in [5, 5.41) is 1.11. The first-order valence-electron chi connectivity index (χ1n) is 7.57. The van der Waals surface area contributed by atoms with Crippen LogP contribution in [0.5, 0.6) is 5.75 Å². The number of fused-ring (bicyclic) bond motifs is 1. The highest BCUT2D eigenvalue weighted by Gasteiger charge is 2.15. The summed E-state index contributed by atoms with van der Waals surface area (Å²) in [6, 6.07) is 10.2. The van der Waals surface area contributed by atoms with Gasteiger partial charge in [0.25, 0.3) is 0 Å². The topological polar surface area (TPSA) is 40.6 Å². The molecule has 1 aliphatic rings. The van der Waals surface area contributed by atoms with Gasteiger partial charge in [-0.15, -0.1) is 0 Å². The van der Waals surface area contributed by atoms with Crippen LogP contribution < -0.4 is 4.74 Å². The molecule has 3 rings (SSSR count). The lowest BCUT2D eigenvalue weighted by molar-refractivity contribution is 0.0264. The fourth-order valence-corrected chi connectivity index (χ4v) is 2.53. The van der Waals surface area contributed by atoms with Crippen molar-refractivity contribution in [1.29, 1.82) is 0 Å². The molecule has 0 amide bonds. The Balaban J connectivity index is 1.62. The zero-order valence-electron chi connectivity index (χ0n) is 12.4. The maximum atomic E-state index is 5.87. The SMILES string of the molecule is CCc1nc2ccccc2cc1OCCOC1CCOC1. The fourth-order valence-electron chi connectivity index (χ4n) is 2.53. The van der Waals surface area contributed by atoms with E-state index in [9.17, 15) is 0 Å². The van der Waals surface area contributed by atoms with Crippen molar-refractivity contribution in [3.8, 4) is 5.75 Å². The molecule has 4 nitrogen and oxygen atoms in total. The van der Waals surface area contributed by atoms with Gasteiger partial charge in [0.1, 0.15) is 12.4 Å². The number of aromatic nitrogens is 1. The van der Waals surface area contributed by atoms with Gasteiger partial charge >= 0.3 is 0 Å². The van der Waals surface area contributed by atoms with E-state index in [0.717, 1.165) is 41.8 Å². The van der Waals surface area contributed by atoms with Crippen LogP contribution >= 0.6 is 0 Å². The molecule has 1 atom stereocenters. The van der Waals surface area contributed by atoms with E-state index in [2.05, 4.69) is 24.0 Å². The summed E-state index contributed by atoms with van der Waals surface area (Å²) < 4.78 is 16.9. The fraction of sp³-hybridized carbons (Fsp3) is 0.471. The Morgan fingerprint density at radius 2 is 2.19 bits per heavy atom. The molecule has 1 saturated heterocycles. The van der Waals surface area contributed by atoms with E-state index in [4.69, 9.17) is 14.2 Å². The average molecular weight is 287 g/mol. The third-order valence-electron chi connectivity index (χ3n) is 3.68. The molecular formula is C17H21NO3. The van der Waals surface area contributed by atoms with Gasteiger partial charge < -0.3 is 14.2 Å². The minimum atomic E-state index is 0.231. The predicted octanol–water partition coefficient (Wildman–Crippen LogP) is 2.98. The molecule has 0 saturated carbocycles. The minimum absolute atomic E-state index is 0.231. The zero-order chi connectivity index (χ0) is 14.5. The van der Waals surface area contributed by atoms with E-state index >= 15 is 0 Å². The molecule has 2 heterocycles. The molecule has 0 N–H and O–H groups in total. The Labute approximate surface area is 125 Å². The number of hydrogen-bond acceptors (Lipinski definition) is 4. The average Bonchev–Trinajstić information content (AvgIpc) is 3.04. The number of para-hydroxylation sites is 1. The van der Waals surface area contributed by atoms with Crippen molar-refractivity contribution in [2.75, 3.05) is 26.4 Å². The first-order chi connectivity index (χ1) is 10.4. The number of hydrogen-bond donors (Lipinski definition) is 0. The monoisotopic (exact) mass is 287 g/mol. The molecule has 0 bridgehead atoms. The number of nitrogens with zero attached hydrogens (tertiary/aromatic N) is 1. The van der Waals surface area contributed by atoms with E-state index < -0.39 is 0 Å². The van der Waals surface area contributed by atoms with Crippen LogP contribution in [0.2, 0.25) is 0 Å². The predicted molar refractivity (Wildman–Crippen MR) is 81.8 cm³/mol. The summed E-state index contributed by atoms with van der Waals surface area (Å²) in [7, 11) is 0. The van der Waals surface area contributed by atoms with Gasteiger partial charge in [0.2, 0.25) is 0 Å². The molecule has 112 valence electrons. The Morgan fingerprint density at radius 1 is 1.29 bits per heavy atom. The van der Waals surface area contributed by atoms with Crippen molar-refractivity contribution in [2.24, 2.45) is 0 Å². The minimum Gasteiger partial charge on any atom is -0.489 e. The maximum Gasteiger partial charge on any atom is 0.141 e. The van der Waals surface area contributed by atoms with Crippen LogP contribution in [0.1, 0.15) is 19.0 Å². The number of pyridine rings is 1. The van der Waals surface area contributed by atoms with E-state index in [1.807, 2.05) is 18.2 Å². The van der Waals surface area contributed by atoms with Crippen molar-refractivity contribution in [1.82, 2.24) is 4.98 Å². The van der Waals surface area contributed by atoms with E-state index in [1.54, 1.807) is 0 Å². The molecule has 21 heavy (non-hydrogen) atoms. The highest BCUT2D eigenvalue weighted by molar-refractivity contribution is 5.80. The van der Waals surface area contributed by atoms with Crippen molar-refractivity contribution < 1.29 is 14.2 Å². The molecule has 1 aliphatic heterocycles. The normalized spacial score (nSPS) is 18.2. The maximum absolute atomic E-state index is 5.87. The summed E-state index contributed by atoms with van der Waals surface area (Å²) in [5.74, 6) is 0.863. The molecule has 1 unspecified atom stereocenters. The van der Waals surface area contributed by atoms with Crippen molar-refractivity contribution in [3.63, 3.8) is 0 Å². The van der Waals surface area contributed by atoms with E-state index in [-0.39, 0.29) is 6.10 Å². The second-order valence-corrected chi connectivity index (χ2v) is 5.18. The lowest BCUT2D eigenvalue weighted by atomic mass is 10.1. The van der Waals surface area contributed by atoms with Gasteiger partial charge in [-0.1, -0.05) is 25.1 Å². The van der Waals surface area contributed by atoms with Gasteiger partial charge in [-0.25, -0.2) is 4.98 Å². The number of benzene rings is 1. The van der Waals surface area contributed by atoms with Gasteiger partial charge in [0.15, 0.2) is 0 Å². The van der Waals surface area contributed by atoms with Crippen molar-refractivity contribution in [2.45, 2.75) is 25.9 Å². The largest absolute Gasteiger partial charge is 0.489 e. The Kier molecular flexibility index (Phi) is 4.68. The second-order valence-electron chi connectivity index (χ2n) is 5.18. The van der Waals surface area contributed by atoms with Gasteiger partial charge in [-0.2, -0.15) is 0 Å². The van der Waals surface area contributed by atoms with Gasteiger partial charge in [-0.05, 0) is 25.0 Å². The first-order valence-corrected chi connectivity index (χ1v) is 7.57. The molecule has 1 aromatic heterocycles. The zero-order valence-corrected chi connectivity index (χ0v) is 12.4. The van der Waals surface area contributed by atoms with Gasteiger partial charge in [-0.3, -0.25) is 0 Å². The lowest BCUT2D eigenvalue weighted by Gasteiger charge is -2.13. The summed E-state index contributed by atoms with van der Waals surface area (Å²) in [6.45, 7) is 4.74. The van der Waals surface area contributed by atoms with Crippen LogP contribution in [-0.4, -0.2) is 37.5 Å². The Bertz CT molecular complexity index is 594. The summed E-state index contributed by atoms with van der Waals surface area (Å²) in [4.78, 5) is 4.66. The molecule has 1 fully saturated rings. The molecular weight excluding hydrogens is 266 g/mol. The summed E-state index contributed by atoms with van der Waals surface area (Å²) in [5.41, 5.74) is 2.01. The Morgan fingerprint density at radius 3 is 3.00 bits per heavy atom. The van der Waals surface area contributed by atoms with E-state index in [1.165, 1.54) is 0 Å². The van der Waals surface area contributed by atoms with Crippen LogP contribution in [-0.2, 0) is 15.9 Å². The molecule has 0 spiro atoms. The van der Waals surface area contributed by atoms with Gasteiger partial charge in [0.05, 0.1) is 30.5 Å². The summed E-state index contributed by atoms with van der Waals surface area (Å²) >= 11 is 0. The molecule has 4 heteroatoms. The quantitative estimate of drug-likeness (QED) is 0.766. The standard InChI is InChI=1S/C17H21NO3/c1-2-15-17(11-13-5-3-4-6-16(13)18-15)21-10-9-20-14-7-8-19-12-14/h3-6,11,14H,2,7-10,12H2,1H3. The van der Waals surface area contributed by atoms with Crippen molar-refractivity contribution >= 4 is 10.9 Å². The summed E-state index contributed by atoms with van der Waals surface area (Å²) in [6.07, 6.45) is 2.07. The highest BCUT2D eigenvalue weighted by atomic mass is 16.6. The lowest BCUT2D eigenvalue weighted by Crippen LogP contribution is -2.17. The number of aryl methyl sites for hydroxylation is 1. The third kappa shape index (κ3) is 3.52. The smallest absolute Gasteiger partial charge is 0.141 e. The number of rotatable bonds is 6. The van der Waals surface area contributed by atoms with Crippen molar-refractivity contribution in [3.05, 3.63) is 36.0 Å². The molecule has 0 radical (unpaired) electrons. The van der Waals surface area contributed by atoms with Crippen LogP contribution in [0.4, 0.5) is 0 Å². The first kappa shape index (κ1) is 14.3. The second kappa shape index (κ2) is 6.87. The molecule has 2 aromatic rings. The van der Waals surface area contributed by atoms with Crippen LogP contribution in [0.25, 0.3) is 10.9 Å². The Hall–Kier alpha value is -1.65. The highest BCUT2D eigenvalue weighted by Crippen LogP contribution is 2.23. The third-order valence-corrected chi connectivity index (χ3v) is 3.68. The number of ether oxygens (including phenoxy) is 3.